The lowest BCUT2D eigenvalue weighted by Crippen LogP contribution is -2.65. The second-order valence-electron chi connectivity index (χ2n) is 37.6. The number of aliphatic hydroxyl groups is 1. The Morgan fingerprint density at radius 1 is 0.518 bits per heavy atom. The quantitative estimate of drug-likeness (QED) is 0.0281. The first-order chi connectivity index (χ1) is 64.3. The molecule has 0 bridgehead atoms. The van der Waals surface area contributed by atoms with Gasteiger partial charge in [-0.1, -0.05) is 127 Å². The number of Topliss-reactive ketones (excluding diaryl/α,β-unsaturated/α-hetero) is 2. The van der Waals surface area contributed by atoms with E-state index in [9.17, 15) is 77.3 Å². The molecule has 0 saturated carbocycles. The third-order valence-electron chi connectivity index (χ3n) is 23.6. The van der Waals surface area contributed by atoms with Crippen molar-refractivity contribution in [2.24, 2.45) is 35.1 Å². The predicted molar refractivity (Wildman–Crippen MR) is 511 cm³/mol. The van der Waals surface area contributed by atoms with Crippen LogP contribution in [0.5, 0.6) is 5.75 Å². The number of primary amides is 2. The first-order valence-corrected chi connectivity index (χ1v) is 46.9. The number of nitrogens with two attached hydrogens (primary N) is 2. The molecule has 0 saturated heterocycles. The van der Waals surface area contributed by atoms with Crippen LogP contribution in [0.4, 0.5) is 0 Å². The molecule has 40 nitrogen and oxygen atoms in total. The highest BCUT2D eigenvalue weighted by atomic mass is 16.3. The number of aliphatic hydroxyl groups excluding tert-OH is 1. The maximum absolute atomic E-state index is 15.3. The fourth-order valence-electron chi connectivity index (χ4n) is 15.3. The van der Waals surface area contributed by atoms with E-state index in [0.717, 1.165) is 0 Å². The Hall–Kier alpha value is -13.0. The van der Waals surface area contributed by atoms with E-state index in [2.05, 4.69) is 84.7 Å². The van der Waals surface area contributed by atoms with Crippen molar-refractivity contribution in [3.8, 4) is 5.75 Å². The molecule has 1 aromatic heterocycles. The minimum Gasteiger partial charge on any atom is -0.508 e. The Morgan fingerprint density at radius 3 is 1.62 bits per heavy atom. The number of H-pyrrole nitrogens is 1. The molecule has 0 radical (unpaired) electrons. The number of benzene rings is 3. The molecule has 17 amide bonds. The molecule has 0 aliphatic carbocycles. The highest BCUT2D eigenvalue weighted by Gasteiger charge is 2.44. The number of amides is 17. The number of aromatic hydroxyl groups is 1. The Balaban J connectivity index is 1.54. The van der Waals surface area contributed by atoms with E-state index in [1.54, 1.807) is 93.6 Å². The molecule has 5 rings (SSSR count). The molecule has 0 unspecified atom stereocenters. The van der Waals surface area contributed by atoms with Gasteiger partial charge in [-0.15, -0.1) is 0 Å². The fraction of sp³-hybridized carbons (Fsp3) is 0.577. The molecule has 18 atom stereocenters. The van der Waals surface area contributed by atoms with Gasteiger partial charge in [-0.3, -0.25) is 91.1 Å². The van der Waals surface area contributed by atoms with Crippen LogP contribution in [0, 0.1) is 23.7 Å². The highest BCUT2D eigenvalue weighted by Crippen LogP contribution is 2.26. The number of carbonyl (C=O) groups excluding carboxylic acids is 19. The van der Waals surface area contributed by atoms with Gasteiger partial charge in [-0.25, -0.2) is 0 Å². The number of para-hydroxylation sites is 1. The molecule has 137 heavy (non-hydrogen) atoms. The summed E-state index contributed by atoms with van der Waals surface area (Å²) in [5.41, 5.74) is 9.23. The van der Waals surface area contributed by atoms with E-state index in [1.165, 1.54) is 100 Å². The van der Waals surface area contributed by atoms with Crippen LogP contribution in [-0.4, -0.2) is 248 Å². The van der Waals surface area contributed by atoms with Crippen molar-refractivity contribution < 1.29 is 101 Å². The van der Waals surface area contributed by atoms with Crippen LogP contribution in [0.15, 0.2) is 97.2 Å². The average molecular weight is 1910 g/mol. The zero-order valence-electron chi connectivity index (χ0n) is 81.8. The number of nitrogens with zero attached hydrogens (tertiary/aromatic N) is 1. The SMILES string of the molecule is CC(C)C[C@@H]1CC(=O)[C@H](CCC(N)=O)NC(=O)[C@H](C)NC(=O)[C@H](Cc2c[nH]c3ccccc23)NC(=O)[C@H](Cc2ccc(O)cc2)NC(=O)[C@H](C)NC(=O)[C@](C)(NC(=O)[C@H](Cc2ccccc2)NC(=O)[C@@H](NC(=O)[C@H](CC(C)C)NC(=O)CN(C)C)[C@@H](C)O)CCCCCCC=CCCC[C@@](C)(C(=O)N[C@@H](C)C(=O)N[C@@H](C)C(=O)N[C@@H](C)C(=O)N[C@@H](C)C(=O)N[C@@H](C)C(=O)C[C@H](C)C(N)=O)NC1=O. The zero-order valence-corrected chi connectivity index (χ0v) is 81.8. The third-order valence-corrected chi connectivity index (χ3v) is 23.6. The van der Waals surface area contributed by atoms with Crippen LogP contribution in [0.3, 0.4) is 0 Å². The van der Waals surface area contributed by atoms with E-state index in [-0.39, 0.29) is 94.8 Å². The van der Waals surface area contributed by atoms with Crippen LogP contribution >= 0.6 is 0 Å². The molecule has 40 heteroatoms. The number of phenols is 1. The summed E-state index contributed by atoms with van der Waals surface area (Å²) >= 11 is 0. The van der Waals surface area contributed by atoms with Gasteiger partial charge in [0.1, 0.15) is 83.3 Å². The fourth-order valence-corrected chi connectivity index (χ4v) is 15.3. The minimum atomic E-state index is -1.93. The Bertz CT molecular complexity index is 4890. The van der Waals surface area contributed by atoms with E-state index in [0.29, 0.717) is 59.7 Å². The van der Waals surface area contributed by atoms with Crippen molar-refractivity contribution in [1.29, 1.82) is 0 Å². The predicted octanol–water partition coefficient (Wildman–Crippen LogP) is 1.13. The van der Waals surface area contributed by atoms with Crippen molar-refractivity contribution in [3.05, 3.63) is 114 Å². The number of aromatic nitrogens is 1. The van der Waals surface area contributed by atoms with Crippen LogP contribution in [0.25, 0.3) is 10.9 Å². The van der Waals surface area contributed by atoms with Crippen molar-refractivity contribution in [2.45, 2.75) is 315 Å². The van der Waals surface area contributed by atoms with Crippen LogP contribution in [0.2, 0.25) is 0 Å². The van der Waals surface area contributed by atoms with Crippen LogP contribution in [-0.2, 0) is 110 Å². The standard InChI is InChI=1S/C97H145N19O21/c1-53(2)44-66-50-77(120)71(40-41-78(98)121)109-86(128)60(10)105-89(131)75(49-67-51-100-70-35-29-28-34-69(67)70)111-90(132)73(48-65-36-38-68(118)39-37-65)110-87(129)62(12)107-95(137)97(15,115-92(134)74(47-64-32-26-25-27-33-64)112-93(135)80(63(13)117)113-91(133)72(45-54(3)4)108-79(122)52-116(16)17)43-31-24-22-20-18-19-21-23-30-42-96(14,114-88(66)130)94(136)106-61(11)85(127)104-59(9)84(126)103-58(8)83(125)102-57(7)82(124)101-56(6)76(119)46-55(5)81(99)123/h19,21,25-29,32-39,51,53-63,66,71-75,80,100,117-118H,18,20,22-24,30-31,40-50,52H2,1-17H3,(H2,98,121)(H2,99,123)(H,101,124)(H,102,125)(H,103,126)(H,104,127)(H,105,131)(H,106,136)(H,107,137)(H,108,122)(H,109,128)(H,110,129)(H,111,132)(H,112,135)(H,113,133)(H,114,130)(H,115,134)/t55-,56-,57-,58-,59-,60-,61-,62-,63+,66+,71-,72-,73-,74-,75-,80-,96-,97+/m0/s1. The highest BCUT2D eigenvalue weighted by molar-refractivity contribution is 6.03. The van der Waals surface area contributed by atoms with Crippen molar-refractivity contribution >= 4 is 123 Å². The normalized spacial score (nSPS) is 21.9. The Labute approximate surface area is 800 Å². The number of hydrogen-bond donors (Lipinski definition) is 20. The lowest BCUT2D eigenvalue weighted by Gasteiger charge is -2.33. The number of rotatable bonds is 37. The summed E-state index contributed by atoms with van der Waals surface area (Å²) in [6.45, 7) is 22.0. The van der Waals surface area contributed by atoms with Gasteiger partial charge >= 0.3 is 0 Å². The average Bonchev–Trinajstić information content (AvgIpc) is 1.31. The maximum Gasteiger partial charge on any atom is 0.246 e. The molecular formula is C97H145N19O21. The van der Waals surface area contributed by atoms with E-state index < -0.39 is 232 Å². The third kappa shape index (κ3) is 38.6. The largest absolute Gasteiger partial charge is 0.508 e. The maximum atomic E-state index is 15.3. The van der Waals surface area contributed by atoms with Gasteiger partial charge in [0.2, 0.25) is 100 Å². The first-order valence-electron chi connectivity index (χ1n) is 46.9. The summed E-state index contributed by atoms with van der Waals surface area (Å²) in [5, 5.41) is 61.9. The molecule has 2 heterocycles. The summed E-state index contributed by atoms with van der Waals surface area (Å²) in [7, 11) is 3.34. The number of fused-ring (bicyclic) bond motifs is 1. The van der Waals surface area contributed by atoms with Crippen LogP contribution in [0.1, 0.15) is 217 Å². The van der Waals surface area contributed by atoms with E-state index in [4.69, 9.17) is 11.5 Å². The first kappa shape index (κ1) is 114. The van der Waals surface area contributed by atoms with Gasteiger partial charge in [0.15, 0.2) is 11.6 Å². The van der Waals surface area contributed by atoms with Crippen molar-refractivity contribution in [3.63, 3.8) is 0 Å². The van der Waals surface area contributed by atoms with E-state index >= 15 is 24.0 Å². The lowest BCUT2D eigenvalue weighted by molar-refractivity contribution is -0.139. The number of phenolic OH excluding ortho intramolecular Hbond substituents is 1. The summed E-state index contributed by atoms with van der Waals surface area (Å²) < 4.78 is 0. The number of allylic oxidation sites excluding steroid dienone is 2. The number of ketones is 2. The molecule has 0 spiro atoms. The monoisotopic (exact) mass is 1910 g/mol. The molecule has 22 N–H and O–H groups in total. The summed E-state index contributed by atoms with van der Waals surface area (Å²) in [5.74, 6) is -18.2. The van der Waals surface area contributed by atoms with Crippen molar-refractivity contribution in [2.75, 3.05) is 20.6 Å². The smallest absolute Gasteiger partial charge is 0.246 e. The van der Waals surface area contributed by atoms with Gasteiger partial charge in [0.25, 0.3) is 0 Å². The molecule has 4 aromatic rings. The van der Waals surface area contributed by atoms with Crippen molar-refractivity contribution in [1.82, 2.24) is 89.6 Å². The van der Waals surface area contributed by atoms with Gasteiger partial charge in [-0.05, 0) is 188 Å². The number of aromatic amines is 1. The number of carbonyl (C=O) groups is 19. The molecular weight excluding hydrogens is 1770 g/mol. The van der Waals surface area contributed by atoms with Gasteiger partial charge in [0, 0.05) is 67.5 Å². The molecule has 1 aliphatic rings. The summed E-state index contributed by atoms with van der Waals surface area (Å²) in [6.07, 6.45) is 4.35. The number of likely N-dealkylation sites (N-methyl/N-ethyl adjacent to an activating group) is 1. The minimum absolute atomic E-state index is 0.0270. The van der Waals surface area contributed by atoms with Gasteiger partial charge < -0.3 is 111 Å². The van der Waals surface area contributed by atoms with Crippen LogP contribution < -0.4 is 91.2 Å². The molecule has 1 aliphatic heterocycles. The zero-order chi connectivity index (χ0) is 102. The summed E-state index contributed by atoms with van der Waals surface area (Å²) in [6, 6.07) is 2.85. The van der Waals surface area contributed by atoms with Gasteiger partial charge in [0.05, 0.1) is 24.7 Å². The second kappa shape index (κ2) is 55.3. The van der Waals surface area contributed by atoms with E-state index in [1.807, 2.05) is 26.0 Å². The number of nitrogens with one attached hydrogen (secondary N) is 16. The molecule has 754 valence electrons. The lowest BCUT2D eigenvalue weighted by atomic mass is 9.86. The molecule has 3 aromatic carbocycles. The summed E-state index contributed by atoms with van der Waals surface area (Å²) in [4.78, 5) is 272. The van der Waals surface area contributed by atoms with Gasteiger partial charge in [-0.2, -0.15) is 0 Å². The number of hydrogen-bond acceptors (Lipinski definition) is 22. The second-order valence-corrected chi connectivity index (χ2v) is 37.6. The molecule has 0 fully saturated rings. The topological polar surface area (TPSA) is 616 Å². The Morgan fingerprint density at radius 2 is 1.05 bits per heavy atom. The Kier molecular flexibility index (Phi) is 46.2.